The predicted octanol–water partition coefficient (Wildman–Crippen LogP) is 2.98. The number of rotatable bonds is 7. The number of hydrogen-bond donors (Lipinski definition) is 2. The van der Waals surface area contributed by atoms with Crippen LogP contribution in [0.5, 0.6) is 0 Å². The van der Waals surface area contributed by atoms with Crippen LogP contribution in [0.2, 0.25) is 0 Å². The first-order valence-electron chi connectivity index (χ1n) is 8.70. The topological polar surface area (TPSA) is 72.5 Å². The number of esters is 1. The highest BCUT2D eigenvalue weighted by molar-refractivity contribution is 5.65. The zero-order chi connectivity index (χ0) is 16.7. The van der Waals surface area contributed by atoms with E-state index in [1.807, 2.05) is 12.1 Å². The van der Waals surface area contributed by atoms with E-state index in [0.29, 0.717) is 18.4 Å². The lowest BCUT2D eigenvalue weighted by atomic mass is 9.78. The summed E-state index contributed by atoms with van der Waals surface area (Å²) in [6, 6.07) is 8.19. The first-order chi connectivity index (χ1) is 11.1. The number of aliphatic hydroxyl groups is 1. The lowest BCUT2D eigenvalue weighted by molar-refractivity contribution is -0.141. The molecule has 0 amide bonds. The highest BCUT2D eigenvalue weighted by atomic mass is 16.5. The standard InChI is InChI=1S/C19H29NO3/c1-14(21)23-12-2-3-15-4-8-17(9-5-15)19(22)18-10-6-16(13-20)7-11-18/h4-5,8-9,16,18-19,22H,2-3,6-7,10-13,20H2,1H3. The van der Waals surface area contributed by atoms with Gasteiger partial charge in [0.25, 0.3) is 0 Å². The van der Waals surface area contributed by atoms with E-state index in [-0.39, 0.29) is 12.1 Å². The minimum absolute atomic E-state index is 0.229. The minimum Gasteiger partial charge on any atom is -0.466 e. The van der Waals surface area contributed by atoms with Gasteiger partial charge in [-0.05, 0) is 68.0 Å². The molecule has 0 heterocycles. The van der Waals surface area contributed by atoms with E-state index in [2.05, 4.69) is 12.1 Å². The van der Waals surface area contributed by atoms with Crippen LogP contribution in [0.25, 0.3) is 0 Å². The molecule has 0 spiro atoms. The molecule has 1 aliphatic carbocycles. The Bertz CT molecular complexity index is 478. The van der Waals surface area contributed by atoms with Crippen molar-refractivity contribution in [1.29, 1.82) is 0 Å². The molecule has 128 valence electrons. The van der Waals surface area contributed by atoms with Crippen molar-refractivity contribution in [3.63, 3.8) is 0 Å². The molecule has 1 fully saturated rings. The van der Waals surface area contributed by atoms with E-state index >= 15 is 0 Å². The normalized spacial score (nSPS) is 22.6. The van der Waals surface area contributed by atoms with Crippen LogP contribution in [0.1, 0.15) is 56.3 Å². The Labute approximate surface area is 139 Å². The number of carbonyl (C=O) groups is 1. The second-order valence-corrected chi connectivity index (χ2v) is 6.65. The summed E-state index contributed by atoms with van der Waals surface area (Å²) in [4.78, 5) is 10.7. The Morgan fingerprint density at radius 3 is 2.48 bits per heavy atom. The summed E-state index contributed by atoms with van der Waals surface area (Å²) in [5.74, 6) is 0.762. The number of aliphatic hydroxyl groups excluding tert-OH is 1. The van der Waals surface area contributed by atoms with Gasteiger partial charge in [-0.25, -0.2) is 0 Å². The third-order valence-electron chi connectivity index (χ3n) is 4.91. The molecule has 1 saturated carbocycles. The van der Waals surface area contributed by atoms with Crippen molar-refractivity contribution in [3.8, 4) is 0 Å². The fraction of sp³-hybridized carbons (Fsp3) is 0.632. The molecule has 1 aromatic rings. The van der Waals surface area contributed by atoms with Crippen molar-refractivity contribution in [2.45, 2.75) is 51.6 Å². The zero-order valence-electron chi connectivity index (χ0n) is 14.0. The molecule has 1 aromatic carbocycles. The summed E-state index contributed by atoms with van der Waals surface area (Å²) in [7, 11) is 0. The average molecular weight is 319 g/mol. The largest absolute Gasteiger partial charge is 0.466 e. The van der Waals surface area contributed by atoms with Gasteiger partial charge >= 0.3 is 5.97 Å². The van der Waals surface area contributed by atoms with Gasteiger partial charge in [-0.3, -0.25) is 4.79 Å². The predicted molar refractivity (Wildman–Crippen MR) is 90.9 cm³/mol. The number of nitrogens with two attached hydrogens (primary N) is 1. The SMILES string of the molecule is CC(=O)OCCCc1ccc(C(O)C2CCC(CN)CC2)cc1. The Morgan fingerprint density at radius 1 is 1.26 bits per heavy atom. The molecular formula is C19H29NO3. The first-order valence-corrected chi connectivity index (χ1v) is 8.70. The lowest BCUT2D eigenvalue weighted by Crippen LogP contribution is -2.24. The van der Waals surface area contributed by atoms with Crippen LogP contribution in [0.4, 0.5) is 0 Å². The number of benzene rings is 1. The third-order valence-corrected chi connectivity index (χ3v) is 4.91. The second kappa shape index (κ2) is 9.04. The minimum atomic E-state index is -0.371. The van der Waals surface area contributed by atoms with Gasteiger partial charge in [0.05, 0.1) is 12.7 Å². The van der Waals surface area contributed by atoms with E-state index in [9.17, 15) is 9.90 Å². The van der Waals surface area contributed by atoms with Gasteiger partial charge in [0, 0.05) is 6.92 Å². The molecular weight excluding hydrogens is 290 g/mol. The molecule has 0 bridgehead atoms. The van der Waals surface area contributed by atoms with Crippen molar-refractivity contribution in [1.82, 2.24) is 0 Å². The summed E-state index contributed by atoms with van der Waals surface area (Å²) in [6.45, 7) is 2.66. The second-order valence-electron chi connectivity index (χ2n) is 6.65. The van der Waals surface area contributed by atoms with Crippen LogP contribution in [0.15, 0.2) is 24.3 Å². The highest BCUT2D eigenvalue weighted by Gasteiger charge is 2.26. The first kappa shape index (κ1) is 18.0. The summed E-state index contributed by atoms with van der Waals surface area (Å²) < 4.78 is 4.93. The van der Waals surface area contributed by atoms with Gasteiger partial charge in [0.1, 0.15) is 0 Å². The van der Waals surface area contributed by atoms with E-state index in [0.717, 1.165) is 50.6 Å². The maximum atomic E-state index is 10.7. The fourth-order valence-corrected chi connectivity index (χ4v) is 3.39. The fourth-order valence-electron chi connectivity index (χ4n) is 3.39. The van der Waals surface area contributed by atoms with Crippen molar-refractivity contribution < 1.29 is 14.6 Å². The molecule has 1 unspecified atom stereocenters. The maximum Gasteiger partial charge on any atom is 0.302 e. The molecule has 23 heavy (non-hydrogen) atoms. The Hall–Kier alpha value is -1.39. The highest BCUT2D eigenvalue weighted by Crippen LogP contribution is 2.36. The smallest absolute Gasteiger partial charge is 0.302 e. The molecule has 0 radical (unpaired) electrons. The summed E-state index contributed by atoms with van der Waals surface area (Å²) in [5, 5.41) is 10.6. The van der Waals surface area contributed by atoms with Gasteiger partial charge in [-0.2, -0.15) is 0 Å². The van der Waals surface area contributed by atoms with Gasteiger partial charge in [-0.15, -0.1) is 0 Å². The molecule has 2 rings (SSSR count). The zero-order valence-corrected chi connectivity index (χ0v) is 14.0. The van der Waals surface area contributed by atoms with Crippen molar-refractivity contribution in [2.75, 3.05) is 13.2 Å². The molecule has 1 atom stereocenters. The summed E-state index contributed by atoms with van der Waals surface area (Å²) >= 11 is 0. The summed E-state index contributed by atoms with van der Waals surface area (Å²) in [6.07, 6.45) is 5.72. The molecule has 4 nitrogen and oxygen atoms in total. The molecule has 0 aliphatic heterocycles. The van der Waals surface area contributed by atoms with Crippen LogP contribution in [-0.4, -0.2) is 24.2 Å². The van der Waals surface area contributed by atoms with Gasteiger partial charge in [0.15, 0.2) is 0 Å². The van der Waals surface area contributed by atoms with E-state index in [4.69, 9.17) is 10.5 Å². The van der Waals surface area contributed by atoms with E-state index in [1.165, 1.54) is 12.5 Å². The van der Waals surface area contributed by atoms with Crippen LogP contribution in [0.3, 0.4) is 0 Å². The number of carbonyl (C=O) groups excluding carboxylic acids is 1. The lowest BCUT2D eigenvalue weighted by Gasteiger charge is -2.31. The molecule has 3 N–H and O–H groups in total. The van der Waals surface area contributed by atoms with Crippen LogP contribution in [-0.2, 0) is 16.0 Å². The molecule has 1 aliphatic rings. The van der Waals surface area contributed by atoms with Gasteiger partial charge in [0.2, 0.25) is 0 Å². The van der Waals surface area contributed by atoms with Gasteiger partial charge in [-0.1, -0.05) is 24.3 Å². The number of ether oxygens (including phenoxy) is 1. The molecule has 0 aromatic heterocycles. The van der Waals surface area contributed by atoms with E-state index in [1.54, 1.807) is 0 Å². The van der Waals surface area contributed by atoms with Gasteiger partial charge < -0.3 is 15.6 Å². The van der Waals surface area contributed by atoms with E-state index < -0.39 is 0 Å². The third kappa shape index (κ3) is 5.63. The Kier molecular flexibility index (Phi) is 7.06. The molecule has 0 saturated heterocycles. The number of aryl methyl sites for hydroxylation is 1. The monoisotopic (exact) mass is 319 g/mol. The Balaban J connectivity index is 1.80. The van der Waals surface area contributed by atoms with Crippen molar-refractivity contribution in [3.05, 3.63) is 35.4 Å². The molecule has 4 heteroatoms. The average Bonchev–Trinajstić information content (AvgIpc) is 2.58. The van der Waals surface area contributed by atoms with Crippen LogP contribution >= 0.6 is 0 Å². The maximum absolute atomic E-state index is 10.7. The quantitative estimate of drug-likeness (QED) is 0.598. The summed E-state index contributed by atoms with van der Waals surface area (Å²) in [5.41, 5.74) is 7.94. The number of hydrogen-bond acceptors (Lipinski definition) is 4. The van der Waals surface area contributed by atoms with Crippen molar-refractivity contribution in [2.24, 2.45) is 17.6 Å². The van der Waals surface area contributed by atoms with Crippen LogP contribution < -0.4 is 5.73 Å². The Morgan fingerprint density at radius 2 is 1.91 bits per heavy atom. The van der Waals surface area contributed by atoms with Crippen molar-refractivity contribution >= 4 is 5.97 Å². The van der Waals surface area contributed by atoms with Crippen LogP contribution in [0, 0.1) is 11.8 Å².